The molecule has 0 saturated carbocycles. The summed E-state index contributed by atoms with van der Waals surface area (Å²) >= 11 is 0. The predicted octanol–water partition coefficient (Wildman–Crippen LogP) is 4.42. The monoisotopic (exact) mass is 414 g/mol. The Bertz CT molecular complexity index is 1110. The summed E-state index contributed by atoms with van der Waals surface area (Å²) in [6, 6.07) is 21.1. The Morgan fingerprint density at radius 1 is 0.968 bits per heavy atom. The average Bonchev–Trinajstić information content (AvgIpc) is 2.78. The predicted molar refractivity (Wildman–Crippen MR) is 121 cm³/mol. The normalized spacial score (nSPS) is 14.8. The number of amides is 2. The van der Waals surface area contributed by atoms with Crippen LogP contribution in [0.15, 0.2) is 66.7 Å². The van der Waals surface area contributed by atoms with E-state index in [1.165, 1.54) is 5.56 Å². The number of anilines is 1. The van der Waals surface area contributed by atoms with Crippen molar-refractivity contribution in [2.75, 3.05) is 11.9 Å². The van der Waals surface area contributed by atoms with Crippen LogP contribution in [-0.4, -0.2) is 18.4 Å². The zero-order valence-corrected chi connectivity index (χ0v) is 17.8. The van der Waals surface area contributed by atoms with Gasteiger partial charge < -0.3 is 15.4 Å². The lowest BCUT2D eigenvalue weighted by Crippen LogP contribution is -2.37. The summed E-state index contributed by atoms with van der Waals surface area (Å²) in [6.45, 7) is 4.84. The smallest absolute Gasteiger partial charge is 0.255 e. The molecule has 0 fully saturated rings. The van der Waals surface area contributed by atoms with Crippen LogP contribution in [0.2, 0.25) is 0 Å². The molecule has 31 heavy (non-hydrogen) atoms. The first-order chi connectivity index (χ1) is 15.0. The van der Waals surface area contributed by atoms with Crippen molar-refractivity contribution < 1.29 is 14.3 Å². The van der Waals surface area contributed by atoms with Gasteiger partial charge >= 0.3 is 0 Å². The molecule has 0 spiro atoms. The van der Waals surface area contributed by atoms with E-state index in [9.17, 15) is 9.59 Å². The molecule has 0 radical (unpaired) electrons. The maximum absolute atomic E-state index is 12.7. The molecule has 1 aliphatic rings. The summed E-state index contributed by atoms with van der Waals surface area (Å²) in [4.78, 5) is 25.2. The van der Waals surface area contributed by atoms with E-state index in [2.05, 4.69) is 10.6 Å². The summed E-state index contributed by atoms with van der Waals surface area (Å²) in [6.07, 6.45) is 0.573. The van der Waals surface area contributed by atoms with Crippen molar-refractivity contribution in [3.05, 3.63) is 94.5 Å². The third-order valence-electron chi connectivity index (χ3n) is 5.46. The molecule has 3 aromatic carbocycles. The highest BCUT2D eigenvalue weighted by Crippen LogP contribution is 2.30. The molecule has 3 aromatic rings. The number of ether oxygens (including phenoxy) is 1. The standard InChI is InChI=1S/C26H26N2O3/c1-17-6-8-19(9-7-17)15-27-25(29)22-13-21-14-23(10-11-24(21)31-16-22)28-26(30)20-5-3-4-18(2)12-20/h3-12,14,22H,13,15-16H2,1-2H3,(H,27,29)(H,28,30)/t22-/m1/s1. The van der Waals surface area contributed by atoms with E-state index in [0.29, 0.717) is 30.8 Å². The molecule has 5 nitrogen and oxygen atoms in total. The lowest BCUT2D eigenvalue weighted by atomic mass is 9.95. The molecule has 4 rings (SSSR count). The Hall–Kier alpha value is -3.60. The number of nitrogens with one attached hydrogen (secondary N) is 2. The van der Waals surface area contributed by atoms with Crippen LogP contribution in [0.1, 0.15) is 32.6 Å². The molecule has 0 saturated heterocycles. The topological polar surface area (TPSA) is 67.4 Å². The zero-order valence-electron chi connectivity index (χ0n) is 17.8. The van der Waals surface area contributed by atoms with Crippen molar-refractivity contribution in [3.8, 4) is 5.75 Å². The second-order valence-electron chi connectivity index (χ2n) is 8.06. The first kappa shape index (κ1) is 20.7. The second kappa shape index (κ2) is 9.04. The van der Waals surface area contributed by atoms with Crippen LogP contribution in [0.5, 0.6) is 5.75 Å². The lowest BCUT2D eigenvalue weighted by molar-refractivity contribution is -0.126. The Balaban J connectivity index is 1.39. The molecule has 0 aliphatic carbocycles. The van der Waals surface area contributed by atoms with Gasteiger partial charge in [0.05, 0.1) is 5.92 Å². The number of carbonyl (C=O) groups is 2. The summed E-state index contributed by atoms with van der Waals surface area (Å²) in [5.41, 5.74) is 5.52. The minimum absolute atomic E-state index is 0.0274. The SMILES string of the molecule is Cc1ccc(CNC(=O)[C@H]2COc3ccc(NC(=O)c4cccc(C)c4)cc3C2)cc1. The quantitative estimate of drug-likeness (QED) is 0.649. The van der Waals surface area contributed by atoms with Crippen LogP contribution < -0.4 is 15.4 Å². The molecule has 0 aromatic heterocycles. The van der Waals surface area contributed by atoms with E-state index in [4.69, 9.17) is 4.74 Å². The zero-order chi connectivity index (χ0) is 21.8. The molecule has 5 heteroatoms. The molecular weight excluding hydrogens is 388 g/mol. The summed E-state index contributed by atoms with van der Waals surface area (Å²) in [5, 5.41) is 5.94. The van der Waals surface area contributed by atoms with Gasteiger partial charge in [0.1, 0.15) is 12.4 Å². The van der Waals surface area contributed by atoms with Gasteiger partial charge in [-0.15, -0.1) is 0 Å². The Kier molecular flexibility index (Phi) is 6.03. The number of hydrogen-bond acceptors (Lipinski definition) is 3. The first-order valence-corrected chi connectivity index (χ1v) is 10.4. The van der Waals surface area contributed by atoms with Crippen molar-refractivity contribution in [2.24, 2.45) is 5.92 Å². The summed E-state index contributed by atoms with van der Waals surface area (Å²) in [5.74, 6) is 0.310. The van der Waals surface area contributed by atoms with Gasteiger partial charge in [0.25, 0.3) is 5.91 Å². The van der Waals surface area contributed by atoms with Crippen molar-refractivity contribution in [1.82, 2.24) is 5.32 Å². The lowest BCUT2D eigenvalue weighted by Gasteiger charge is -2.25. The fourth-order valence-corrected chi connectivity index (χ4v) is 3.67. The van der Waals surface area contributed by atoms with Crippen molar-refractivity contribution in [2.45, 2.75) is 26.8 Å². The first-order valence-electron chi connectivity index (χ1n) is 10.4. The number of carbonyl (C=O) groups excluding carboxylic acids is 2. The van der Waals surface area contributed by atoms with E-state index >= 15 is 0 Å². The highest BCUT2D eigenvalue weighted by atomic mass is 16.5. The average molecular weight is 415 g/mol. The Morgan fingerprint density at radius 3 is 2.55 bits per heavy atom. The third-order valence-corrected chi connectivity index (χ3v) is 5.46. The number of fused-ring (bicyclic) bond motifs is 1. The summed E-state index contributed by atoms with van der Waals surface area (Å²) in [7, 11) is 0. The maximum Gasteiger partial charge on any atom is 0.255 e. The van der Waals surface area contributed by atoms with Crippen LogP contribution in [0.25, 0.3) is 0 Å². The third kappa shape index (κ3) is 5.12. The van der Waals surface area contributed by atoms with E-state index in [1.807, 2.05) is 74.5 Å². The van der Waals surface area contributed by atoms with Crippen LogP contribution in [0, 0.1) is 19.8 Å². The van der Waals surface area contributed by atoms with Gasteiger partial charge in [-0.3, -0.25) is 9.59 Å². The maximum atomic E-state index is 12.7. The fourth-order valence-electron chi connectivity index (χ4n) is 3.67. The number of rotatable bonds is 5. The van der Waals surface area contributed by atoms with E-state index in [0.717, 1.165) is 22.4 Å². The van der Waals surface area contributed by atoms with Gasteiger partial charge in [-0.2, -0.15) is 0 Å². The number of hydrogen-bond donors (Lipinski definition) is 2. The van der Waals surface area contributed by atoms with Gasteiger partial charge in [-0.25, -0.2) is 0 Å². The largest absolute Gasteiger partial charge is 0.492 e. The van der Waals surface area contributed by atoms with Gasteiger partial charge in [0.15, 0.2) is 0 Å². The van der Waals surface area contributed by atoms with Gasteiger partial charge in [0.2, 0.25) is 5.91 Å². The van der Waals surface area contributed by atoms with Crippen LogP contribution >= 0.6 is 0 Å². The minimum Gasteiger partial charge on any atom is -0.492 e. The highest BCUT2D eigenvalue weighted by Gasteiger charge is 2.26. The van der Waals surface area contributed by atoms with Crippen molar-refractivity contribution in [1.29, 1.82) is 0 Å². The minimum atomic E-state index is -0.263. The number of benzene rings is 3. The fraction of sp³-hybridized carbons (Fsp3) is 0.231. The van der Waals surface area contributed by atoms with E-state index in [-0.39, 0.29) is 17.7 Å². The van der Waals surface area contributed by atoms with Gasteiger partial charge in [-0.05, 0) is 61.7 Å². The molecular formula is C26H26N2O3. The Labute approximate surface area is 182 Å². The molecule has 2 amide bonds. The molecule has 0 unspecified atom stereocenters. The Morgan fingerprint density at radius 2 is 1.77 bits per heavy atom. The van der Waals surface area contributed by atoms with E-state index < -0.39 is 0 Å². The second-order valence-corrected chi connectivity index (χ2v) is 8.06. The van der Waals surface area contributed by atoms with E-state index in [1.54, 1.807) is 6.07 Å². The van der Waals surface area contributed by atoms with Crippen molar-refractivity contribution in [3.63, 3.8) is 0 Å². The summed E-state index contributed by atoms with van der Waals surface area (Å²) < 4.78 is 5.81. The van der Waals surface area contributed by atoms with Gasteiger partial charge in [0, 0.05) is 17.8 Å². The molecule has 158 valence electrons. The van der Waals surface area contributed by atoms with Crippen LogP contribution in [0.4, 0.5) is 5.69 Å². The molecule has 1 atom stereocenters. The molecule has 0 bridgehead atoms. The number of aryl methyl sites for hydroxylation is 2. The van der Waals surface area contributed by atoms with Crippen LogP contribution in [0.3, 0.4) is 0 Å². The molecule has 1 aliphatic heterocycles. The highest BCUT2D eigenvalue weighted by molar-refractivity contribution is 6.04. The van der Waals surface area contributed by atoms with Gasteiger partial charge in [-0.1, -0.05) is 47.5 Å². The molecule has 2 N–H and O–H groups in total. The molecule has 1 heterocycles. The van der Waals surface area contributed by atoms with Crippen molar-refractivity contribution >= 4 is 17.5 Å². The van der Waals surface area contributed by atoms with Crippen LogP contribution in [-0.2, 0) is 17.8 Å².